The van der Waals surface area contributed by atoms with Crippen LogP contribution in [0.2, 0.25) is 0 Å². The standard InChI is InChI=1S/C13H14N2O4S/c1-8(13(17)18)7-15(2)12(16)9-6-10(19-14-9)11-4-3-5-20-11/h3-6,8H,7H2,1-2H3,(H,17,18). The van der Waals surface area contributed by atoms with Crippen molar-refractivity contribution in [2.24, 2.45) is 5.92 Å². The first-order valence-electron chi connectivity index (χ1n) is 5.98. The average molecular weight is 294 g/mol. The van der Waals surface area contributed by atoms with Crippen LogP contribution < -0.4 is 0 Å². The number of hydrogen-bond acceptors (Lipinski definition) is 5. The number of carboxylic acids is 1. The Hall–Kier alpha value is -2.15. The second-order valence-electron chi connectivity index (χ2n) is 4.48. The van der Waals surface area contributed by atoms with E-state index >= 15 is 0 Å². The van der Waals surface area contributed by atoms with Gasteiger partial charge in [-0.25, -0.2) is 0 Å². The minimum absolute atomic E-state index is 0.120. The average Bonchev–Trinajstić information content (AvgIpc) is 3.07. The summed E-state index contributed by atoms with van der Waals surface area (Å²) in [4.78, 5) is 25.1. The molecular weight excluding hydrogens is 280 g/mol. The van der Waals surface area contributed by atoms with Crippen LogP contribution in [0.3, 0.4) is 0 Å². The molecule has 2 heterocycles. The van der Waals surface area contributed by atoms with Gasteiger partial charge in [-0.1, -0.05) is 18.1 Å². The van der Waals surface area contributed by atoms with Crippen molar-refractivity contribution in [3.63, 3.8) is 0 Å². The molecule has 1 atom stereocenters. The first-order chi connectivity index (χ1) is 9.49. The monoisotopic (exact) mass is 294 g/mol. The molecule has 2 aromatic rings. The summed E-state index contributed by atoms with van der Waals surface area (Å²) >= 11 is 1.49. The number of rotatable bonds is 5. The lowest BCUT2D eigenvalue weighted by Gasteiger charge is -2.17. The van der Waals surface area contributed by atoms with E-state index in [9.17, 15) is 9.59 Å². The van der Waals surface area contributed by atoms with Crippen molar-refractivity contribution in [1.82, 2.24) is 10.1 Å². The quantitative estimate of drug-likeness (QED) is 0.914. The predicted octanol–water partition coefficient (Wildman–Crippen LogP) is 2.20. The van der Waals surface area contributed by atoms with Crippen molar-refractivity contribution in [3.8, 4) is 10.6 Å². The van der Waals surface area contributed by atoms with Crippen molar-refractivity contribution in [2.75, 3.05) is 13.6 Å². The lowest BCUT2D eigenvalue weighted by atomic mass is 10.1. The van der Waals surface area contributed by atoms with E-state index in [1.807, 2.05) is 17.5 Å². The van der Waals surface area contributed by atoms with Gasteiger partial charge in [-0.3, -0.25) is 9.59 Å². The summed E-state index contributed by atoms with van der Waals surface area (Å²) in [6.07, 6.45) is 0. The van der Waals surface area contributed by atoms with Crippen LogP contribution in [-0.2, 0) is 4.79 Å². The topological polar surface area (TPSA) is 83.6 Å². The summed E-state index contributed by atoms with van der Waals surface area (Å²) in [7, 11) is 1.54. The number of aromatic nitrogens is 1. The molecule has 0 aliphatic rings. The Bertz CT molecular complexity index is 606. The molecule has 0 saturated carbocycles. The van der Waals surface area contributed by atoms with Crippen LogP contribution in [0.25, 0.3) is 10.6 Å². The number of carbonyl (C=O) groups is 2. The minimum atomic E-state index is -0.941. The fourth-order valence-electron chi connectivity index (χ4n) is 1.68. The van der Waals surface area contributed by atoms with Crippen molar-refractivity contribution in [1.29, 1.82) is 0 Å². The molecule has 0 bridgehead atoms. The number of carbonyl (C=O) groups excluding carboxylic acids is 1. The molecule has 6 nitrogen and oxygen atoms in total. The number of amides is 1. The summed E-state index contributed by atoms with van der Waals surface area (Å²) in [5.74, 6) is -1.40. The maximum atomic E-state index is 12.1. The highest BCUT2D eigenvalue weighted by Crippen LogP contribution is 2.25. The molecule has 0 radical (unpaired) electrons. The van der Waals surface area contributed by atoms with Gasteiger partial charge in [-0.2, -0.15) is 0 Å². The third-order valence-electron chi connectivity index (χ3n) is 2.81. The van der Waals surface area contributed by atoms with Crippen molar-refractivity contribution in [3.05, 3.63) is 29.3 Å². The molecule has 2 aromatic heterocycles. The van der Waals surface area contributed by atoms with E-state index in [2.05, 4.69) is 5.16 Å². The van der Waals surface area contributed by atoms with Gasteiger partial charge in [0.25, 0.3) is 5.91 Å². The third-order valence-corrected chi connectivity index (χ3v) is 3.69. The Kier molecular flexibility index (Phi) is 4.19. The Balaban J connectivity index is 2.08. The van der Waals surface area contributed by atoms with Crippen LogP contribution in [0.4, 0.5) is 0 Å². The molecule has 7 heteroatoms. The largest absolute Gasteiger partial charge is 0.481 e. The number of hydrogen-bond donors (Lipinski definition) is 1. The smallest absolute Gasteiger partial charge is 0.308 e. The highest BCUT2D eigenvalue weighted by atomic mass is 32.1. The molecule has 0 fully saturated rings. The summed E-state index contributed by atoms with van der Waals surface area (Å²) in [5.41, 5.74) is 0.175. The molecule has 0 aliphatic carbocycles. The van der Waals surface area contributed by atoms with Crippen molar-refractivity contribution in [2.45, 2.75) is 6.92 Å². The molecule has 0 aliphatic heterocycles. The van der Waals surface area contributed by atoms with Gasteiger partial charge in [0.1, 0.15) is 0 Å². The van der Waals surface area contributed by atoms with Crippen LogP contribution in [0.5, 0.6) is 0 Å². The van der Waals surface area contributed by atoms with Crippen LogP contribution >= 0.6 is 11.3 Å². The molecule has 1 unspecified atom stereocenters. The Labute approximate surface area is 119 Å². The fraction of sp³-hybridized carbons (Fsp3) is 0.308. The van der Waals surface area contributed by atoms with Crippen LogP contribution in [0.15, 0.2) is 28.1 Å². The van der Waals surface area contributed by atoms with E-state index in [1.54, 1.807) is 20.0 Å². The SMILES string of the molecule is CC(CN(C)C(=O)c1cc(-c2cccs2)on1)C(=O)O. The zero-order valence-corrected chi connectivity index (χ0v) is 11.9. The Morgan fingerprint density at radius 2 is 2.30 bits per heavy atom. The molecule has 0 saturated heterocycles. The van der Waals surface area contributed by atoms with Crippen LogP contribution in [0, 0.1) is 5.92 Å². The van der Waals surface area contributed by atoms with E-state index < -0.39 is 11.9 Å². The Morgan fingerprint density at radius 1 is 1.55 bits per heavy atom. The lowest BCUT2D eigenvalue weighted by molar-refractivity contribution is -0.141. The summed E-state index contributed by atoms with van der Waals surface area (Å²) < 4.78 is 5.13. The minimum Gasteiger partial charge on any atom is -0.481 e. The molecule has 0 aromatic carbocycles. The number of aliphatic carboxylic acids is 1. The lowest BCUT2D eigenvalue weighted by Crippen LogP contribution is -2.33. The maximum Gasteiger partial charge on any atom is 0.308 e. The molecular formula is C13H14N2O4S. The number of thiophene rings is 1. The van der Waals surface area contributed by atoms with Gasteiger partial charge in [0.05, 0.1) is 10.8 Å². The molecule has 0 spiro atoms. The zero-order valence-electron chi connectivity index (χ0n) is 11.1. The summed E-state index contributed by atoms with van der Waals surface area (Å²) in [6.45, 7) is 1.67. The van der Waals surface area contributed by atoms with Gasteiger partial charge in [0.2, 0.25) is 0 Å². The highest BCUT2D eigenvalue weighted by molar-refractivity contribution is 7.13. The molecule has 1 N–H and O–H groups in total. The second-order valence-corrected chi connectivity index (χ2v) is 5.43. The van der Waals surface area contributed by atoms with E-state index in [0.29, 0.717) is 5.76 Å². The molecule has 2 rings (SSSR count). The van der Waals surface area contributed by atoms with E-state index in [-0.39, 0.29) is 18.1 Å². The molecule has 1 amide bonds. The van der Waals surface area contributed by atoms with Gasteiger partial charge in [0, 0.05) is 19.7 Å². The van der Waals surface area contributed by atoms with Gasteiger partial charge in [0.15, 0.2) is 11.5 Å². The highest BCUT2D eigenvalue weighted by Gasteiger charge is 2.21. The van der Waals surface area contributed by atoms with E-state index in [0.717, 1.165) is 4.88 Å². The van der Waals surface area contributed by atoms with Gasteiger partial charge < -0.3 is 14.5 Å². The summed E-state index contributed by atoms with van der Waals surface area (Å²) in [6, 6.07) is 5.32. The van der Waals surface area contributed by atoms with Crippen LogP contribution in [-0.4, -0.2) is 40.6 Å². The normalized spacial score (nSPS) is 12.1. The number of nitrogens with zero attached hydrogens (tertiary/aromatic N) is 2. The maximum absolute atomic E-state index is 12.1. The van der Waals surface area contributed by atoms with Crippen molar-refractivity contribution < 1.29 is 19.2 Å². The third kappa shape index (κ3) is 3.05. The van der Waals surface area contributed by atoms with Crippen molar-refractivity contribution >= 4 is 23.2 Å². The first kappa shape index (κ1) is 14.3. The van der Waals surface area contributed by atoms with Crippen LogP contribution in [0.1, 0.15) is 17.4 Å². The number of carboxylic acid groups (broad SMARTS) is 1. The Morgan fingerprint density at radius 3 is 2.90 bits per heavy atom. The second kappa shape index (κ2) is 5.87. The van der Waals surface area contributed by atoms with Gasteiger partial charge in [-0.05, 0) is 11.4 Å². The fourth-order valence-corrected chi connectivity index (χ4v) is 2.35. The summed E-state index contributed by atoms with van der Waals surface area (Å²) in [5, 5.41) is 14.5. The zero-order chi connectivity index (χ0) is 14.7. The molecule has 106 valence electrons. The van der Waals surface area contributed by atoms with E-state index in [4.69, 9.17) is 9.63 Å². The first-order valence-corrected chi connectivity index (χ1v) is 6.86. The predicted molar refractivity (Wildman–Crippen MR) is 73.6 cm³/mol. The van der Waals surface area contributed by atoms with Gasteiger partial charge >= 0.3 is 5.97 Å². The van der Waals surface area contributed by atoms with Gasteiger partial charge in [-0.15, -0.1) is 11.3 Å². The van der Waals surface area contributed by atoms with E-state index in [1.165, 1.54) is 16.2 Å². The molecule has 20 heavy (non-hydrogen) atoms.